The standard InChI is InChI=1S/C11H21NO4/c1-3-5-11(6-4-2)15-8-9(16-11)7-14-10(12)13/h9H,3-8H2,1-2H3,(H2,12,13)/t9-/m1/s1. The second-order valence-electron chi connectivity index (χ2n) is 4.09. The van der Waals surface area contributed by atoms with Crippen molar-refractivity contribution in [1.82, 2.24) is 0 Å². The van der Waals surface area contributed by atoms with Crippen molar-refractivity contribution in [3.63, 3.8) is 0 Å². The van der Waals surface area contributed by atoms with E-state index in [9.17, 15) is 4.79 Å². The first-order valence-corrected chi connectivity index (χ1v) is 5.86. The Balaban J connectivity index is 2.42. The van der Waals surface area contributed by atoms with Gasteiger partial charge in [-0.2, -0.15) is 0 Å². The van der Waals surface area contributed by atoms with Gasteiger partial charge in [-0.1, -0.05) is 26.7 Å². The van der Waals surface area contributed by atoms with E-state index in [1.54, 1.807) is 0 Å². The summed E-state index contributed by atoms with van der Waals surface area (Å²) in [6.45, 7) is 4.83. The van der Waals surface area contributed by atoms with Crippen LogP contribution in [0.4, 0.5) is 4.79 Å². The van der Waals surface area contributed by atoms with Crippen molar-refractivity contribution in [3.8, 4) is 0 Å². The number of carbonyl (C=O) groups is 1. The summed E-state index contributed by atoms with van der Waals surface area (Å²) in [6, 6.07) is 0. The van der Waals surface area contributed by atoms with Gasteiger partial charge in [0.2, 0.25) is 0 Å². The van der Waals surface area contributed by atoms with E-state index in [2.05, 4.69) is 13.8 Å². The molecule has 1 amide bonds. The van der Waals surface area contributed by atoms with E-state index < -0.39 is 11.9 Å². The Morgan fingerprint density at radius 1 is 1.44 bits per heavy atom. The van der Waals surface area contributed by atoms with Crippen LogP contribution in [0.15, 0.2) is 0 Å². The molecule has 1 atom stereocenters. The largest absolute Gasteiger partial charge is 0.447 e. The number of hydrogen-bond donors (Lipinski definition) is 1. The third-order valence-electron chi connectivity index (χ3n) is 2.59. The van der Waals surface area contributed by atoms with Crippen molar-refractivity contribution < 1.29 is 19.0 Å². The van der Waals surface area contributed by atoms with Gasteiger partial charge in [0.1, 0.15) is 12.7 Å². The summed E-state index contributed by atoms with van der Waals surface area (Å²) in [7, 11) is 0. The molecule has 1 heterocycles. The third-order valence-corrected chi connectivity index (χ3v) is 2.59. The quantitative estimate of drug-likeness (QED) is 0.756. The Morgan fingerprint density at radius 3 is 2.56 bits per heavy atom. The fourth-order valence-electron chi connectivity index (χ4n) is 2.02. The highest BCUT2D eigenvalue weighted by atomic mass is 16.8. The van der Waals surface area contributed by atoms with Crippen LogP contribution in [-0.4, -0.2) is 31.2 Å². The van der Waals surface area contributed by atoms with Crippen LogP contribution >= 0.6 is 0 Å². The Hall–Kier alpha value is -0.810. The van der Waals surface area contributed by atoms with Crippen molar-refractivity contribution in [2.45, 2.75) is 51.4 Å². The van der Waals surface area contributed by atoms with Crippen LogP contribution in [0, 0.1) is 0 Å². The van der Waals surface area contributed by atoms with Gasteiger partial charge in [-0.3, -0.25) is 0 Å². The van der Waals surface area contributed by atoms with Gasteiger partial charge in [0.05, 0.1) is 6.61 Å². The molecule has 5 nitrogen and oxygen atoms in total. The molecule has 16 heavy (non-hydrogen) atoms. The average molecular weight is 231 g/mol. The van der Waals surface area contributed by atoms with Crippen LogP contribution in [0.5, 0.6) is 0 Å². The van der Waals surface area contributed by atoms with Gasteiger partial charge in [0.25, 0.3) is 0 Å². The van der Waals surface area contributed by atoms with Crippen LogP contribution in [0.2, 0.25) is 0 Å². The van der Waals surface area contributed by atoms with Crippen LogP contribution in [0.3, 0.4) is 0 Å². The number of rotatable bonds is 6. The molecule has 0 radical (unpaired) electrons. The van der Waals surface area contributed by atoms with Gasteiger partial charge in [-0.15, -0.1) is 0 Å². The van der Waals surface area contributed by atoms with E-state index in [0.29, 0.717) is 6.61 Å². The number of amides is 1. The van der Waals surface area contributed by atoms with Gasteiger partial charge in [0.15, 0.2) is 5.79 Å². The molecule has 0 saturated carbocycles. The topological polar surface area (TPSA) is 70.8 Å². The smallest absolute Gasteiger partial charge is 0.404 e. The van der Waals surface area contributed by atoms with Crippen LogP contribution in [0.1, 0.15) is 39.5 Å². The molecule has 1 fully saturated rings. The van der Waals surface area contributed by atoms with Crippen molar-refractivity contribution in [2.75, 3.05) is 13.2 Å². The van der Waals surface area contributed by atoms with Crippen molar-refractivity contribution >= 4 is 6.09 Å². The summed E-state index contributed by atoms with van der Waals surface area (Å²) in [5.41, 5.74) is 4.90. The van der Waals surface area contributed by atoms with Crippen LogP contribution < -0.4 is 5.73 Å². The molecule has 1 aliphatic rings. The molecule has 0 unspecified atom stereocenters. The van der Waals surface area contributed by atoms with Gasteiger partial charge < -0.3 is 19.9 Å². The fraction of sp³-hybridized carbons (Fsp3) is 0.909. The van der Waals surface area contributed by atoms with Gasteiger partial charge >= 0.3 is 6.09 Å². The summed E-state index contributed by atoms with van der Waals surface area (Å²) in [5.74, 6) is -0.477. The minimum absolute atomic E-state index is 0.171. The summed E-state index contributed by atoms with van der Waals surface area (Å²) in [4.78, 5) is 10.5. The summed E-state index contributed by atoms with van der Waals surface area (Å²) >= 11 is 0. The molecular formula is C11H21NO4. The molecule has 0 aliphatic carbocycles. The van der Waals surface area contributed by atoms with E-state index >= 15 is 0 Å². The Kier molecular flexibility index (Phi) is 5.02. The average Bonchev–Trinajstić information content (AvgIpc) is 2.60. The minimum atomic E-state index is -0.771. The SMILES string of the molecule is CCCC1(CCC)OC[C@@H](COC(N)=O)O1. The molecular weight excluding hydrogens is 210 g/mol. The normalized spacial score (nSPS) is 23.2. The van der Waals surface area contributed by atoms with Gasteiger partial charge in [-0.25, -0.2) is 4.79 Å². The molecule has 0 aromatic heterocycles. The van der Waals surface area contributed by atoms with E-state index in [1.165, 1.54) is 0 Å². The monoisotopic (exact) mass is 231 g/mol. The first-order valence-electron chi connectivity index (χ1n) is 5.86. The Morgan fingerprint density at radius 2 is 2.06 bits per heavy atom. The highest BCUT2D eigenvalue weighted by Gasteiger charge is 2.40. The van der Waals surface area contributed by atoms with E-state index in [1.807, 2.05) is 0 Å². The van der Waals surface area contributed by atoms with Crippen LogP contribution in [0.25, 0.3) is 0 Å². The highest BCUT2D eigenvalue weighted by Crippen LogP contribution is 2.32. The number of ether oxygens (including phenoxy) is 3. The lowest BCUT2D eigenvalue weighted by Crippen LogP contribution is -2.32. The first kappa shape index (κ1) is 13.3. The number of nitrogens with two attached hydrogens (primary N) is 1. The lowest BCUT2D eigenvalue weighted by atomic mass is 10.1. The fourth-order valence-corrected chi connectivity index (χ4v) is 2.02. The van der Waals surface area contributed by atoms with Crippen molar-refractivity contribution in [2.24, 2.45) is 5.73 Å². The molecule has 94 valence electrons. The lowest BCUT2D eigenvalue weighted by Gasteiger charge is -2.27. The zero-order chi connectivity index (χ0) is 12.0. The van der Waals surface area contributed by atoms with Gasteiger partial charge in [-0.05, 0) is 0 Å². The Bertz CT molecular complexity index is 226. The maximum atomic E-state index is 10.5. The molecule has 2 N–H and O–H groups in total. The number of carbonyl (C=O) groups excluding carboxylic acids is 1. The molecule has 0 bridgehead atoms. The van der Waals surface area contributed by atoms with Crippen LogP contribution in [-0.2, 0) is 14.2 Å². The summed E-state index contributed by atoms with van der Waals surface area (Å²) in [5, 5.41) is 0. The minimum Gasteiger partial charge on any atom is -0.447 e. The second kappa shape index (κ2) is 6.06. The molecule has 0 spiro atoms. The predicted molar refractivity (Wildman–Crippen MR) is 58.9 cm³/mol. The molecule has 0 aromatic carbocycles. The third kappa shape index (κ3) is 3.64. The molecule has 1 aliphatic heterocycles. The first-order chi connectivity index (χ1) is 7.62. The molecule has 0 aromatic rings. The van der Waals surface area contributed by atoms with E-state index in [0.717, 1.165) is 25.7 Å². The summed E-state index contributed by atoms with van der Waals surface area (Å²) < 4.78 is 16.2. The summed E-state index contributed by atoms with van der Waals surface area (Å²) in [6.07, 6.45) is 2.78. The van der Waals surface area contributed by atoms with Gasteiger partial charge in [0, 0.05) is 12.8 Å². The highest BCUT2D eigenvalue weighted by molar-refractivity contribution is 5.64. The molecule has 1 saturated heterocycles. The molecule has 5 heteroatoms. The Labute approximate surface area is 96.2 Å². The number of primary amides is 1. The van der Waals surface area contributed by atoms with E-state index in [4.69, 9.17) is 19.9 Å². The maximum Gasteiger partial charge on any atom is 0.404 e. The molecule has 1 rings (SSSR count). The van der Waals surface area contributed by atoms with E-state index in [-0.39, 0.29) is 12.7 Å². The van der Waals surface area contributed by atoms with Crippen molar-refractivity contribution in [1.29, 1.82) is 0 Å². The second-order valence-corrected chi connectivity index (χ2v) is 4.09. The zero-order valence-corrected chi connectivity index (χ0v) is 10.0. The lowest BCUT2D eigenvalue weighted by molar-refractivity contribution is -0.180. The predicted octanol–water partition coefficient (Wildman–Crippen LogP) is 1.79. The maximum absolute atomic E-state index is 10.5. The number of hydrogen-bond acceptors (Lipinski definition) is 4. The zero-order valence-electron chi connectivity index (χ0n) is 10.0. The van der Waals surface area contributed by atoms with Crippen molar-refractivity contribution in [3.05, 3.63) is 0 Å².